The predicted molar refractivity (Wildman–Crippen MR) is 84.6 cm³/mol. The summed E-state index contributed by atoms with van der Waals surface area (Å²) >= 11 is 5.82. The number of ether oxygens (including phenoxy) is 2. The summed E-state index contributed by atoms with van der Waals surface area (Å²) < 4.78 is 16.3. The first-order chi connectivity index (χ1) is 11.1. The first kappa shape index (κ1) is 15.0. The standard InChI is InChI=1S/C15H12ClN3O4/c1-21-14-18-19(15(20)23-14)10-4-7-13(12(17)8-10)22-11-5-2-9(16)3-6-11/h2-8H,17H2,1H3. The highest BCUT2D eigenvalue weighted by molar-refractivity contribution is 6.30. The quantitative estimate of drug-likeness (QED) is 0.738. The van der Waals surface area contributed by atoms with E-state index in [0.717, 1.165) is 4.68 Å². The van der Waals surface area contributed by atoms with E-state index in [2.05, 4.69) is 5.10 Å². The number of nitrogens with zero attached hydrogens (tertiary/aromatic N) is 2. The molecule has 0 aliphatic carbocycles. The third-order valence-corrected chi connectivity index (χ3v) is 3.24. The zero-order chi connectivity index (χ0) is 16.4. The normalized spacial score (nSPS) is 10.5. The molecule has 0 atom stereocenters. The Balaban J connectivity index is 1.89. The molecule has 0 aliphatic rings. The van der Waals surface area contributed by atoms with E-state index in [-0.39, 0.29) is 6.08 Å². The van der Waals surface area contributed by atoms with Gasteiger partial charge in [-0.1, -0.05) is 16.7 Å². The molecule has 0 fully saturated rings. The third-order valence-electron chi connectivity index (χ3n) is 2.98. The van der Waals surface area contributed by atoms with Crippen molar-refractivity contribution in [3.8, 4) is 23.3 Å². The van der Waals surface area contributed by atoms with Gasteiger partial charge in [-0.25, -0.2) is 4.79 Å². The summed E-state index contributed by atoms with van der Waals surface area (Å²) in [5, 5.41) is 4.48. The van der Waals surface area contributed by atoms with Crippen LogP contribution in [0.5, 0.6) is 17.6 Å². The van der Waals surface area contributed by atoms with Crippen molar-refractivity contribution in [1.82, 2.24) is 9.78 Å². The fourth-order valence-corrected chi connectivity index (χ4v) is 2.02. The van der Waals surface area contributed by atoms with Crippen LogP contribution in [0.15, 0.2) is 51.7 Å². The van der Waals surface area contributed by atoms with E-state index in [0.29, 0.717) is 27.9 Å². The van der Waals surface area contributed by atoms with Crippen molar-refractivity contribution in [3.05, 3.63) is 58.0 Å². The Labute approximate surface area is 135 Å². The summed E-state index contributed by atoms with van der Waals surface area (Å²) in [6.07, 6.45) is -0.130. The number of rotatable bonds is 4. The maximum atomic E-state index is 11.7. The Bertz CT molecular complexity index is 886. The van der Waals surface area contributed by atoms with Gasteiger partial charge in [0.05, 0.1) is 18.5 Å². The minimum absolute atomic E-state index is 0.130. The van der Waals surface area contributed by atoms with Crippen LogP contribution in [0.4, 0.5) is 5.69 Å². The molecule has 1 heterocycles. The number of benzene rings is 2. The molecule has 0 saturated heterocycles. The largest absolute Gasteiger partial charge is 0.455 e. The first-order valence-corrected chi connectivity index (χ1v) is 6.92. The minimum Gasteiger partial charge on any atom is -0.455 e. The Morgan fingerprint density at radius 3 is 2.57 bits per heavy atom. The van der Waals surface area contributed by atoms with Crippen molar-refractivity contribution in [2.75, 3.05) is 12.8 Å². The highest BCUT2D eigenvalue weighted by atomic mass is 35.5. The number of nitrogen functional groups attached to an aromatic ring is 1. The van der Waals surface area contributed by atoms with Gasteiger partial charge in [-0.15, -0.1) is 0 Å². The zero-order valence-corrected chi connectivity index (χ0v) is 12.8. The van der Waals surface area contributed by atoms with Crippen LogP contribution in [-0.2, 0) is 0 Å². The highest BCUT2D eigenvalue weighted by Gasteiger charge is 2.12. The van der Waals surface area contributed by atoms with Gasteiger partial charge >= 0.3 is 11.8 Å². The molecule has 0 radical (unpaired) electrons. The topological polar surface area (TPSA) is 92.5 Å². The smallest absolute Gasteiger partial charge is 0.444 e. The molecule has 0 amide bonds. The Kier molecular flexibility index (Phi) is 3.94. The first-order valence-electron chi connectivity index (χ1n) is 6.54. The Morgan fingerprint density at radius 1 is 1.22 bits per heavy atom. The molecule has 118 valence electrons. The lowest BCUT2D eigenvalue weighted by atomic mass is 10.2. The van der Waals surface area contributed by atoms with Crippen molar-refractivity contribution in [2.45, 2.75) is 0 Å². The van der Waals surface area contributed by atoms with Crippen molar-refractivity contribution in [1.29, 1.82) is 0 Å². The van der Waals surface area contributed by atoms with Gasteiger partial charge in [-0.2, -0.15) is 4.68 Å². The van der Waals surface area contributed by atoms with E-state index in [9.17, 15) is 4.79 Å². The second kappa shape index (κ2) is 6.05. The van der Waals surface area contributed by atoms with Gasteiger partial charge in [0.15, 0.2) is 0 Å². The molecule has 0 saturated carbocycles. The summed E-state index contributed by atoms with van der Waals surface area (Å²) in [5.41, 5.74) is 6.74. The summed E-state index contributed by atoms with van der Waals surface area (Å²) in [4.78, 5) is 11.7. The number of aromatic nitrogens is 2. The van der Waals surface area contributed by atoms with Gasteiger partial charge in [0.2, 0.25) is 0 Å². The molecule has 8 heteroatoms. The number of hydrogen-bond donors (Lipinski definition) is 1. The van der Waals surface area contributed by atoms with E-state index in [1.165, 1.54) is 7.11 Å². The predicted octanol–water partition coefficient (Wildman–Crippen LogP) is 2.86. The van der Waals surface area contributed by atoms with Crippen LogP contribution in [0.3, 0.4) is 0 Å². The van der Waals surface area contributed by atoms with Gasteiger partial charge in [0.25, 0.3) is 0 Å². The van der Waals surface area contributed by atoms with Crippen molar-refractivity contribution in [3.63, 3.8) is 0 Å². The van der Waals surface area contributed by atoms with E-state index < -0.39 is 5.76 Å². The summed E-state index contributed by atoms with van der Waals surface area (Å²) in [6, 6.07) is 11.7. The maximum Gasteiger partial charge on any atom is 0.444 e. The molecular weight excluding hydrogens is 322 g/mol. The summed E-state index contributed by atoms with van der Waals surface area (Å²) in [7, 11) is 1.35. The van der Waals surface area contributed by atoms with Gasteiger partial charge in [0, 0.05) is 5.02 Å². The van der Waals surface area contributed by atoms with Crippen LogP contribution in [0, 0.1) is 0 Å². The summed E-state index contributed by atoms with van der Waals surface area (Å²) in [5.74, 6) is 0.362. The second-order valence-corrected chi connectivity index (χ2v) is 4.96. The number of anilines is 1. The van der Waals surface area contributed by atoms with E-state index >= 15 is 0 Å². The lowest BCUT2D eigenvalue weighted by molar-refractivity contribution is 0.282. The molecule has 2 aromatic carbocycles. The monoisotopic (exact) mass is 333 g/mol. The molecule has 0 spiro atoms. The van der Waals surface area contributed by atoms with Crippen molar-refractivity contribution < 1.29 is 13.9 Å². The summed E-state index contributed by atoms with van der Waals surface area (Å²) in [6.45, 7) is 0. The van der Waals surface area contributed by atoms with Gasteiger partial charge in [0.1, 0.15) is 11.5 Å². The number of hydrogen-bond acceptors (Lipinski definition) is 6. The fraction of sp³-hybridized carbons (Fsp3) is 0.0667. The van der Waals surface area contributed by atoms with Crippen LogP contribution in [-0.4, -0.2) is 16.9 Å². The SMILES string of the molecule is COc1nn(-c2ccc(Oc3ccc(Cl)cc3)c(N)c2)c(=O)o1. The number of methoxy groups -OCH3 is 1. The van der Waals surface area contributed by atoms with Gasteiger partial charge in [-0.3, -0.25) is 0 Å². The highest BCUT2D eigenvalue weighted by Crippen LogP contribution is 2.29. The van der Waals surface area contributed by atoms with Crippen LogP contribution < -0.4 is 21.0 Å². The minimum atomic E-state index is -0.674. The average molecular weight is 334 g/mol. The number of nitrogens with two attached hydrogens (primary N) is 1. The van der Waals surface area contributed by atoms with Crippen molar-refractivity contribution in [2.24, 2.45) is 0 Å². The molecular formula is C15H12ClN3O4. The van der Waals surface area contributed by atoms with Crippen LogP contribution in [0.1, 0.15) is 0 Å². The van der Waals surface area contributed by atoms with Crippen LogP contribution >= 0.6 is 11.6 Å². The van der Waals surface area contributed by atoms with Crippen LogP contribution in [0.25, 0.3) is 5.69 Å². The molecule has 0 aliphatic heterocycles. The Morgan fingerprint density at radius 2 is 1.96 bits per heavy atom. The van der Waals surface area contributed by atoms with Crippen molar-refractivity contribution >= 4 is 17.3 Å². The Hall–Kier alpha value is -2.93. The second-order valence-electron chi connectivity index (χ2n) is 4.53. The van der Waals surface area contributed by atoms with E-state index in [1.807, 2.05) is 0 Å². The maximum absolute atomic E-state index is 11.7. The van der Waals surface area contributed by atoms with Gasteiger partial charge < -0.3 is 19.6 Å². The zero-order valence-electron chi connectivity index (χ0n) is 12.0. The molecule has 3 rings (SSSR count). The lowest BCUT2D eigenvalue weighted by Gasteiger charge is -2.09. The number of halogens is 1. The molecule has 2 N–H and O–H groups in total. The van der Waals surface area contributed by atoms with E-state index in [4.69, 9.17) is 31.2 Å². The molecule has 23 heavy (non-hydrogen) atoms. The molecule has 1 aromatic heterocycles. The molecule has 0 unspecified atom stereocenters. The molecule has 3 aromatic rings. The van der Waals surface area contributed by atoms with Gasteiger partial charge in [-0.05, 0) is 42.5 Å². The molecule has 7 nitrogen and oxygen atoms in total. The average Bonchev–Trinajstić information content (AvgIpc) is 2.92. The lowest BCUT2D eigenvalue weighted by Crippen LogP contribution is -2.13. The van der Waals surface area contributed by atoms with Crippen LogP contribution in [0.2, 0.25) is 5.02 Å². The van der Waals surface area contributed by atoms with E-state index in [1.54, 1.807) is 42.5 Å². The third kappa shape index (κ3) is 3.14. The molecule has 0 bridgehead atoms. The fourth-order valence-electron chi connectivity index (χ4n) is 1.90.